The van der Waals surface area contributed by atoms with Crippen molar-refractivity contribution >= 4 is 36.0 Å². The lowest BCUT2D eigenvalue weighted by Crippen LogP contribution is -2.05. The van der Waals surface area contributed by atoms with Gasteiger partial charge in [-0.05, 0) is 0 Å². The molecule has 0 unspecified atom stereocenters. The zero-order chi connectivity index (χ0) is 3.58. The van der Waals surface area contributed by atoms with E-state index in [2.05, 4.69) is 31.5 Å². The van der Waals surface area contributed by atoms with Crippen LogP contribution in [0.1, 0.15) is 0 Å². The lowest BCUT2D eigenvalue weighted by Gasteiger charge is -1.67. The van der Waals surface area contributed by atoms with E-state index in [1.54, 1.807) is 0 Å². The summed E-state index contributed by atoms with van der Waals surface area (Å²) in [4.78, 5) is 0. The van der Waals surface area contributed by atoms with E-state index in [-0.39, 0.29) is 4.50 Å². The summed E-state index contributed by atoms with van der Waals surface area (Å²) in [5.74, 6) is 0. The maximum absolute atomic E-state index is 4.94. The molecule has 4 heteroatoms. The Morgan fingerprint density at radius 1 is 1.50 bits per heavy atom. The van der Waals surface area contributed by atoms with Crippen molar-refractivity contribution in [2.45, 2.75) is 0 Å². The van der Waals surface area contributed by atoms with Crippen LogP contribution in [0.4, 0.5) is 0 Å². The molecular weight excluding hydrogens is 185 g/mol. The van der Waals surface area contributed by atoms with Gasteiger partial charge >= 0.3 is 4.50 Å². The highest BCUT2D eigenvalue weighted by Crippen LogP contribution is 1.89. The molecule has 24 valence electrons. The second kappa shape index (κ2) is 2.24. The van der Waals surface area contributed by atoms with Crippen molar-refractivity contribution in [2.75, 3.05) is 0 Å². The fourth-order valence-corrected chi connectivity index (χ4v) is 0. The summed E-state index contributed by atoms with van der Waals surface area (Å²) in [6.45, 7) is 0. The second-order valence-electron chi connectivity index (χ2n) is 0.334. The monoisotopic (exact) mass is 185 g/mol. The van der Waals surface area contributed by atoms with Crippen LogP contribution in [0.25, 0.3) is 0 Å². The van der Waals surface area contributed by atoms with Crippen LogP contribution in [0.15, 0.2) is 0 Å². The van der Waals surface area contributed by atoms with Gasteiger partial charge in [-0.15, -0.1) is 31.5 Å². The molecule has 0 aliphatic rings. The summed E-state index contributed by atoms with van der Waals surface area (Å²) in [5.41, 5.74) is 4.94. The van der Waals surface area contributed by atoms with E-state index in [9.17, 15) is 0 Å². The van der Waals surface area contributed by atoms with Crippen LogP contribution in [-0.4, -0.2) is 4.50 Å². The van der Waals surface area contributed by atoms with Gasteiger partial charge in [0.2, 0.25) is 0 Å². The van der Waals surface area contributed by atoms with Crippen LogP contribution in [-0.2, 0) is 0 Å². The minimum Gasteiger partial charge on any atom is -0.350 e. The third-order valence-corrected chi connectivity index (χ3v) is 0. The van der Waals surface area contributed by atoms with Crippen LogP contribution in [0.5, 0.6) is 0 Å². The van der Waals surface area contributed by atoms with E-state index in [1.807, 2.05) is 0 Å². The van der Waals surface area contributed by atoms with E-state index >= 15 is 0 Å². The molecule has 0 rings (SSSR count). The van der Waals surface area contributed by atoms with Gasteiger partial charge in [-0.3, -0.25) is 0 Å². The quantitative estimate of drug-likeness (QED) is 0.555. The largest absolute Gasteiger partial charge is 0.373 e. The van der Waals surface area contributed by atoms with E-state index in [1.165, 1.54) is 0 Å². The lowest BCUT2D eigenvalue weighted by molar-refractivity contribution is 1.98. The van der Waals surface area contributed by atoms with Gasteiger partial charge in [0.15, 0.2) is 0 Å². The van der Waals surface area contributed by atoms with Crippen molar-refractivity contribution in [1.82, 2.24) is 0 Å². The molecule has 0 saturated carbocycles. The molecule has 4 heavy (non-hydrogen) atoms. The summed E-state index contributed by atoms with van der Waals surface area (Å²) in [5, 5.41) is 0. The highest BCUT2D eigenvalue weighted by molar-refractivity contribution is 9.48. The van der Waals surface area contributed by atoms with Gasteiger partial charge in [-0.2, -0.15) is 0 Å². The summed E-state index contributed by atoms with van der Waals surface area (Å²) >= 11 is 5.93. The maximum atomic E-state index is 4.94. The van der Waals surface area contributed by atoms with E-state index in [0.29, 0.717) is 0 Å². The smallest absolute Gasteiger partial charge is 0.350 e. The van der Waals surface area contributed by atoms with Crippen LogP contribution in [0, 0.1) is 0 Å². The Hall–Kier alpha value is 0.985. The molecule has 0 atom stereocenters. The molecular formula is H2BBr2N. The normalized spacial score (nSPS) is 6.75. The topological polar surface area (TPSA) is 26.0 Å². The van der Waals surface area contributed by atoms with Gasteiger partial charge < -0.3 is 5.64 Å². The molecule has 0 aliphatic carbocycles. The van der Waals surface area contributed by atoms with Crippen molar-refractivity contribution in [3.05, 3.63) is 0 Å². The Bertz CT molecular complexity index is 10.8. The molecule has 0 aromatic heterocycles. The number of halogens is 2. The molecule has 0 aromatic rings. The minimum absolute atomic E-state index is 0.0417. The van der Waals surface area contributed by atoms with Gasteiger partial charge in [0, 0.05) is 0 Å². The van der Waals surface area contributed by atoms with Gasteiger partial charge in [-0.1, -0.05) is 0 Å². The van der Waals surface area contributed by atoms with E-state index in [4.69, 9.17) is 5.64 Å². The average molecular weight is 187 g/mol. The van der Waals surface area contributed by atoms with E-state index in [0.717, 1.165) is 0 Å². The van der Waals surface area contributed by atoms with Crippen molar-refractivity contribution in [2.24, 2.45) is 5.64 Å². The van der Waals surface area contributed by atoms with Crippen LogP contribution >= 0.6 is 31.5 Å². The molecule has 0 spiro atoms. The summed E-state index contributed by atoms with van der Waals surface area (Å²) in [6, 6.07) is 0. The zero-order valence-electron chi connectivity index (χ0n) is 1.91. The standard InChI is InChI=1S/BBr2H2N/c2-1(3)4/h4H2. The third-order valence-electron chi connectivity index (χ3n) is 0. The van der Waals surface area contributed by atoms with Crippen molar-refractivity contribution in [1.29, 1.82) is 0 Å². The predicted molar refractivity (Wildman–Crippen MR) is 27.8 cm³/mol. The number of nitrogens with two attached hydrogens (primary N) is 1. The van der Waals surface area contributed by atoms with Gasteiger partial charge in [0.05, 0.1) is 0 Å². The molecule has 0 radical (unpaired) electrons. The molecule has 2 N–H and O–H groups in total. The highest BCUT2D eigenvalue weighted by atomic mass is 79.9. The number of rotatable bonds is 0. The van der Waals surface area contributed by atoms with Crippen LogP contribution in [0.3, 0.4) is 0 Å². The molecule has 0 bridgehead atoms. The molecule has 1 nitrogen and oxygen atoms in total. The Morgan fingerprint density at radius 2 is 1.50 bits per heavy atom. The van der Waals surface area contributed by atoms with E-state index < -0.39 is 0 Å². The summed E-state index contributed by atoms with van der Waals surface area (Å²) in [7, 11) is 0. The first-order chi connectivity index (χ1) is 1.73. The average Bonchev–Trinajstić information content (AvgIpc) is 0.811. The fourth-order valence-electron chi connectivity index (χ4n) is 0. The molecule has 0 amide bonds. The number of hydrogen-bond acceptors (Lipinski definition) is 1. The van der Waals surface area contributed by atoms with Crippen molar-refractivity contribution in [3.8, 4) is 0 Å². The third kappa shape index (κ3) is 12.1. The van der Waals surface area contributed by atoms with Gasteiger partial charge in [0.1, 0.15) is 0 Å². The molecule has 0 saturated heterocycles. The minimum atomic E-state index is -0.0417. The Labute approximate surface area is 42.0 Å². The SMILES string of the molecule is NB(Br)Br. The molecule has 0 fully saturated rings. The second-order valence-corrected chi connectivity index (χ2v) is 3.54. The first-order valence-electron chi connectivity index (χ1n) is 0.770. The Kier molecular flexibility index (Phi) is 2.79. The molecule has 0 heterocycles. The van der Waals surface area contributed by atoms with Crippen molar-refractivity contribution < 1.29 is 0 Å². The van der Waals surface area contributed by atoms with Gasteiger partial charge in [-0.25, -0.2) is 0 Å². The predicted octanol–water partition coefficient (Wildman–Crippen LogP) is 0.720. The molecule has 0 aliphatic heterocycles. The highest BCUT2D eigenvalue weighted by Gasteiger charge is 1.85. The van der Waals surface area contributed by atoms with Crippen molar-refractivity contribution in [3.63, 3.8) is 0 Å². The Morgan fingerprint density at radius 3 is 1.50 bits per heavy atom. The van der Waals surface area contributed by atoms with Gasteiger partial charge in [0.25, 0.3) is 0 Å². The summed E-state index contributed by atoms with van der Waals surface area (Å²) in [6.07, 6.45) is 0. The Balaban J connectivity index is 2.32. The first-order valence-corrected chi connectivity index (χ1v) is 2.60. The number of hydrogen-bond donors (Lipinski definition) is 1. The summed E-state index contributed by atoms with van der Waals surface area (Å²) < 4.78 is -0.0417. The van der Waals surface area contributed by atoms with Crippen LogP contribution < -0.4 is 5.64 Å². The molecule has 0 aromatic carbocycles. The fraction of sp³-hybridized carbons (Fsp3) is 0. The maximum Gasteiger partial charge on any atom is 0.373 e. The van der Waals surface area contributed by atoms with Crippen LogP contribution in [0.2, 0.25) is 0 Å². The zero-order valence-corrected chi connectivity index (χ0v) is 5.08. The first kappa shape index (κ1) is 4.98. The lowest BCUT2D eigenvalue weighted by atomic mass is 10.5.